The first kappa shape index (κ1) is 13.2. The summed E-state index contributed by atoms with van der Waals surface area (Å²) in [6.45, 7) is 0.0941. The van der Waals surface area contributed by atoms with E-state index in [4.69, 9.17) is 9.47 Å². The van der Waals surface area contributed by atoms with Crippen molar-refractivity contribution >= 4 is 12.1 Å². The summed E-state index contributed by atoms with van der Waals surface area (Å²) in [5.74, 6) is 0.245. The van der Waals surface area contributed by atoms with Gasteiger partial charge < -0.3 is 14.3 Å². The molecule has 1 saturated carbocycles. The molecule has 1 fully saturated rings. The summed E-state index contributed by atoms with van der Waals surface area (Å²) in [5.41, 5.74) is 2.77. The number of carbonyl (C=O) groups is 2. The Balaban J connectivity index is 1.68. The third-order valence-corrected chi connectivity index (χ3v) is 2.67. The van der Waals surface area contributed by atoms with Crippen LogP contribution in [0.25, 0.3) is 0 Å². The number of carbonyl (C=O) groups excluding carboxylic acids is 2. The third kappa shape index (κ3) is 4.17. The zero-order valence-electron chi connectivity index (χ0n) is 10.5. The van der Waals surface area contributed by atoms with Gasteiger partial charge in [-0.2, -0.15) is 0 Å². The van der Waals surface area contributed by atoms with Gasteiger partial charge in [-0.15, -0.1) is 5.48 Å². The molecule has 0 bridgehead atoms. The van der Waals surface area contributed by atoms with E-state index in [-0.39, 0.29) is 12.5 Å². The molecule has 0 heterocycles. The van der Waals surface area contributed by atoms with Crippen molar-refractivity contribution in [2.45, 2.75) is 19.4 Å². The van der Waals surface area contributed by atoms with Crippen LogP contribution < -0.4 is 10.2 Å². The lowest BCUT2D eigenvalue weighted by molar-refractivity contribution is -0.151. The SMILES string of the molecule is COc1ccc(COC(=O)NOC(=O)C2CC2)cc1. The second-order valence-electron chi connectivity index (χ2n) is 4.22. The Labute approximate surface area is 110 Å². The van der Waals surface area contributed by atoms with Crippen molar-refractivity contribution in [3.05, 3.63) is 29.8 Å². The predicted molar refractivity (Wildman–Crippen MR) is 65.1 cm³/mol. The predicted octanol–water partition coefficient (Wildman–Crippen LogP) is 1.79. The summed E-state index contributed by atoms with van der Waals surface area (Å²) in [4.78, 5) is 27.0. The summed E-state index contributed by atoms with van der Waals surface area (Å²) in [6.07, 6.45) is 0.854. The van der Waals surface area contributed by atoms with E-state index in [1.807, 2.05) is 5.48 Å². The third-order valence-electron chi connectivity index (χ3n) is 2.67. The molecule has 102 valence electrons. The Kier molecular flexibility index (Phi) is 4.22. The number of rotatable bonds is 4. The molecule has 0 radical (unpaired) electrons. The topological polar surface area (TPSA) is 73.9 Å². The maximum Gasteiger partial charge on any atom is 0.441 e. The zero-order chi connectivity index (χ0) is 13.7. The van der Waals surface area contributed by atoms with E-state index in [1.54, 1.807) is 31.4 Å². The van der Waals surface area contributed by atoms with Crippen LogP contribution in [0.1, 0.15) is 18.4 Å². The number of hydrogen-bond acceptors (Lipinski definition) is 5. The lowest BCUT2D eigenvalue weighted by Crippen LogP contribution is -2.28. The Bertz CT molecular complexity index is 453. The Morgan fingerprint density at radius 1 is 1.26 bits per heavy atom. The molecule has 0 aliphatic heterocycles. The van der Waals surface area contributed by atoms with E-state index < -0.39 is 12.1 Å². The van der Waals surface area contributed by atoms with Gasteiger partial charge in [-0.1, -0.05) is 12.1 Å². The van der Waals surface area contributed by atoms with Gasteiger partial charge in [-0.25, -0.2) is 9.59 Å². The number of amides is 1. The molecular formula is C13H15NO5. The highest BCUT2D eigenvalue weighted by Crippen LogP contribution is 2.29. The van der Waals surface area contributed by atoms with Gasteiger partial charge in [-0.05, 0) is 30.5 Å². The van der Waals surface area contributed by atoms with Crippen LogP contribution in [-0.2, 0) is 21.0 Å². The maximum absolute atomic E-state index is 11.3. The number of hydrogen-bond donors (Lipinski definition) is 1. The molecule has 1 N–H and O–H groups in total. The molecule has 2 rings (SSSR count). The Morgan fingerprint density at radius 3 is 2.53 bits per heavy atom. The number of benzene rings is 1. The second kappa shape index (κ2) is 6.08. The van der Waals surface area contributed by atoms with Gasteiger partial charge in [-0.3, -0.25) is 0 Å². The molecule has 19 heavy (non-hydrogen) atoms. The van der Waals surface area contributed by atoms with E-state index in [9.17, 15) is 9.59 Å². The van der Waals surface area contributed by atoms with Crippen molar-refractivity contribution in [3.63, 3.8) is 0 Å². The molecule has 6 heteroatoms. The second-order valence-corrected chi connectivity index (χ2v) is 4.22. The highest BCUT2D eigenvalue weighted by atomic mass is 16.7. The van der Waals surface area contributed by atoms with Gasteiger partial charge in [0.25, 0.3) is 0 Å². The minimum Gasteiger partial charge on any atom is -0.497 e. The number of ether oxygens (including phenoxy) is 2. The normalized spacial score (nSPS) is 13.5. The fourth-order valence-corrected chi connectivity index (χ4v) is 1.39. The first-order valence-electron chi connectivity index (χ1n) is 5.95. The summed E-state index contributed by atoms with van der Waals surface area (Å²) in [5, 5.41) is 0. The molecule has 0 saturated heterocycles. The van der Waals surface area contributed by atoms with Crippen LogP contribution in [0.4, 0.5) is 4.79 Å². The minimum atomic E-state index is -0.787. The van der Waals surface area contributed by atoms with Gasteiger partial charge in [0.2, 0.25) is 0 Å². The molecule has 1 aliphatic rings. The van der Waals surface area contributed by atoms with Crippen molar-refractivity contribution in [2.75, 3.05) is 7.11 Å². The van der Waals surface area contributed by atoms with Crippen LogP contribution >= 0.6 is 0 Å². The fraction of sp³-hybridized carbons (Fsp3) is 0.385. The Morgan fingerprint density at radius 2 is 1.95 bits per heavy atom. The summed E-state index contributed by atoms with van der Waals surface area (Å²) >= 11 is 0. The number of nitrogens with one attached hydrogen (secondary N) is 1. The van der Waals surface area contributed by atoms with Crippen molar-refractivity contribution < 1.29 is 23.9 Å². The van der Waals surface area contributed by atoms with Crippen molar-refractivity contribution in [1.29, 1.82) is 0 Å². The smallest absolute Gasteiger partial charge is 0.441 e. The fourth-order valence-electron chi connectivity index (χ4n) is 1.39. The van der Waals surface area contributed by atoms with Gasteiger partial charge in [0.05, 0.1) is 13.0 Å². The van der Waals surface area contributed by atoms with Crippen LogP contribution in [0, 0.1) is 5.92 Å². The highest BCUT2D eigenvalue weighted by molar-refractivity contribution is 5.76. The number of methoxy groups -OCH3 is 1. The van der Waals surface area contributed by atoms with Crippen LogP contribution in [-0.4, -0.2) is 19.2 Å². The van der Waals surface area contributed by atoms with E-state index in [2.05, 4.69) is 4.84 Å². The summed E-state index contributed by atoms with van der Waals surface area (Å²) < 4.78 is 9.89. The van der Waals surface area contributed by atoms with Crippen molar-refractivity contribution in [2.24, 2.45) is 5.92 Å². The average Bonchev–Trinajstić information content (AvgIpc) is 3.27. The van der Waals surface area contributed by atoms with Crippen molar-refractivity contribution in [1.82, 2.24) is 5.48 Å². The van der Waals surface area contributed by atoms with Crippen molar-refractivity contribution in [3.8, 4) is 5.75 Å². The summed E-state index contributed by atoms with van der Waals surface area (Å²) in [6, 6.07) is 7.10. The zero-order valence-corrected chi connectivity index (χ0v) is 10.5. The molecular weight excluding hydrogens is 250 g/mol. The van der Waals surface area contributed by atoms with Crippen LogP contribution in [0.5, 0.6) is 5.75 Å². The quantitative estimate of drug-likeness (QED) is 0.840. The highest BCUT2D eigenvalue weighted by Gasteiger charge is 2.32. The molecule has 0 unspecified atom stereocenters. The van der Waals surface area contributed by atoms with E-state index in [0.717, 1.165) is 24.2 Å². The average molecular weight is 265 g/mol. The van der Waals surface area contributed by atoms with Crippen LogP contribution in [0.15, 0.2) is 24.3 Å². The monoisotopic (exact) mass is 265 g/mol. The maximum atomic E-state index is 11.3. The molecule has 0 spiro atoms. The van der Waals surface area contributed by atoms with Gasteiger partial charge >= 0.3 is 12.1 Å². The molecule has 1 amide bonds. The minimum absolute atomic E-state index is 0.0677. The van der Waals surface area contributed by atoms with E-state index in [0.29, 0.717) is 0 Å². The van der Waals surface area contributed by atoms with Gasteiger partial charge in [0, 0.05) is 0 Å². The number of hydroxylamine groups is 1. The van der Waals surface area contributed by atoms with Crippen LogP contribution in [0.3, 0.4) is 0 Å². The largest absolute Gasteiger partial charge is 0.497 e. The first-order valence-corrected chi connectivity index (χ1v) is 5.95. The molecule has 0 aromatic heterocycles. The molecule has 6 nitrogen and oxygen atoms in total. The Hall–Kier alpha value is -2.24. The van der Waals surface area contributed by atoms with Gasteiger partial charge in [0.1, 0.15) is 12.4 Å². The molecule has 1 aromatic carbocycles. The lowest BCUT2D eigenvalue weighted by atomic mass is 10.2. The van der Waals surface area contributed by atoms with E-state index >= 15 is 0 Å². The molecule has 1 aliphatic carbocycles. The standard InChI is InChI=1S/C13H15NO5/c1-17-11-6-2-9(3-7-11)8-18-13(16)14-19-12(15)10-4-5-10/h2-3,6-7,10H,4-5,8H2,1H3,(H,14,16). The van der Waals surface area contributed by atoms with Crippen LogP contribution in [0.2, 0.25) is 0 Å². The van der Waals surface area contributed by atoms with Gasteiger partial charge in [0.15, 0.2) is 0 Å². The summed E-state index contributed by atoms with van der Waals surface area (Å²) in [7, 11) is 1.58. The van der Waals surface area contributed by atoms with E-state index in [1.165, 1.54) is 0 Å². The molecule has 1 aromatic rings. The lowest BCUT2D eigenvalue weighted by Gasteiger charge is -2.07. The first-order chi connectivity index (χ1) is 9.19. The molecule has 0 atom stereocenters.